The summed E-state index contributed by atoms with van der Waals surface area (Å²) in [6.07, 6.45) is 0. The summed E-state index contributed by atoms with van der Waals surface area (Å²) in [5, 5.41) is 5.41. The molecule has 2 atom stereocenters. The molecule has 1 aromatic carbocycles. The Morgan fingerprint density at radius 2 is 2.00 bits per heavy atom. The van der Waals surface area contributed by atoms with Crippen molar-refractivity contribution in [3.63, 3.8) is 0 Å². The Labute approximate surface area is 119 Å². The van der Waals surface area contributed by atoms with E-state index >= 15 is 0 Å². The summed E-state index contributed by atoms with van der Waals surface area (Å²) >= 11 is 8.18. The molecule has 18 heavy (non-hydrogen) atoms. The average molecular weight is 285 g/mol. The van der Waals surface area contributed by atoms with Gasteiger partial charge >= 0.3 is 0 Å². The van der Waals surface area contributed by atoms with Crippen LogP contribution in [0.15, 0.2) is 18.2 Å². The maximum Gasteiger partial charge on any atom is 0.0413 e. The van der Waals surface area contributed by atoms with Gasteiger partial charge in [-0.05, 0) is 30.8 Å². The number of halogens is 1. The van der Waals surface area contributed by atoms with Gasteiger partial charge in [0.25, 0.3) is 0 Å². The number of thioether (sulfide) groups is 1. The van der Waals surface area contributed by atoms with E-state index in [9.17, 15) is 0 Å². The van der Waals surface area contributed by atoms with E-state index in [1.165, 1.54) is 11.3 Å². The van der Waals surface area contributed by atoms with Crippen molar-refractivity contribution in [3.05, 3.63) is 28.8 Å². The zero-order valence-electron chi connectivity index (χ0n) is 11.2. The van der Waals surface area contributed by atoms with E-state index in [1.54, 1.807) is 0 Å². The van der Waals surface area contributed by atoms with Crippen LogP contribution in [0.4, 0.5) is 5.69 Å². The zero-order valence-corrected chi connectivity index (χ0v) is 12.8. The maximum absolute atomic E-state index is 6.10. The molecule has 1 fully saturated rings. The summed E-state index contributed by atoms with van der Waals surface area (Å²) in [5.74, 6) is 0. The molecule has 1 heterocycles. The van der Waals surface area contributed by atoms with Crippen molar-refractivity contribution in [2.45, 2.75) is 30.9 Å². The first kappa shape index (κ1) is 14.0. The van der Waals surface area contributed by atoms with Crippen LogP contribution in [-0.2, 0) is 6.54 Å². The lowest BCUT2D eigenvalue weighted by Crippen LogP contribution is -2.41. The van der Waals surface area contributed by atoms with Crippen LogP contribution in [0.3, 0.4) is 0 Å². The molecule has 2 unspecified atom stereocenters. The maximum atomic E-state index is 6.10. The summed E-state index contributed by atoms with van der Waals surface area (Å²) in [6.45, 7) is 7.71. The Hall–Kier alpha value is -0.380. The first-order valence-electron chi connectivity index (χ1n) is 6.43. The third-order valence-electron chi connectivity index (χ3n) is 3.17. The van der Waals surface area contributed by atoms with Crippen LogP contribution in [0.2, 0.25) is 5.02 Å². The van der Waals surface area contributed by atoms with Crippen molar-refractivity contribution in [3.8, 4) is 0 Å². The number of anilines is 1. The minimum atomic E-state index is 0.687. The molecule has 0 spiro atoms. The molecule has 100 valence electrons. The molecule has 0 bridgehead atoms. The molecule has 0 saturated carbocycles. The largest absolute Gasteiger partial charge is 0.369 e. The number of nitrogens with one attached hydrogen (secondary N) is 1. The Bertz CT molecular complexity index is 401. The molecule has 1 saturated heterocycles. The van der Waals surface area contributed by atoms with Crippen molar-refractivity contribution in [2.24, 2.45) is 0 Å². The fraction of sp³-hybridized carbons (Fsp3) is 0.571. The molecule has 0 aromatic heterocycles. The highest BCUT2D eigenvalue weighted by Gasteiger charge is 2.23. The molecule has 1 N–H and O–H groups in total. The predicted octanol–water partition coefficient (Wildman–Crippen LogP) is 3.39. The number of benzene rings is 1. The standard InChI is InChI=1S/C14H21ClN2S/c1-10-8-17(9-11(2)18-10)14-5-4-13(15)6-12(14)7-16-3/h4-6,10-11,16H,7-9H2,1-3H3. The molecular formula is C14H21ClN2S. The van der Waals surface area contributed by atoms with Gasteiger partial charge in [-0.2, -0.15) is 11.8 Å². The molecule has 2 rings (SSSR count). The van der Waals surface area contributed by atoms with Crippen LogP contribution in [0.25, 0.3) is 0 Å². The van der Waals surface area contributed by atoms with Crippen LogP contribution in [0.5, 0.6) is 0 Å². The Morgan fingerprint density at radius 3 is 2.61 bits per heavy atom. The van der Waals surface area contributed by atoms with Gasteiger partial charge in [-0.1, -0.05) is 25.4 Å². The van der Waals surface area contributed by atoms with Crippen molar-refractivity contribution < 1.29 is 0 Å². The van der Waals surface area contributed by atoms with Gasteiger partial charge in [0, 0.05) is 40.8 Å². The number of hydrogen-bond acceptors (Lipinski definition) is 3. The van der Waals surface area contributed by atoms with Gasteiger partial charge in [0.1, 0.15) is 0 Å². The van der Waals surface area contributed by atoms with Crippen LogP contribution < -0.4 is 10.2 Å². The minimum absolute atomic E-state index is 0.687. The second kappa shape index (κ2) is 6.18. The summed E-state index contributed by atoms with van der Waals surface area (Å²) in [7, 11) is 1.97. The van der Waals surface area contributed by atoms with Gasteiger partial charge in [0.2, 0.25) is 0 Å². The number of hydrogen-bond donors (Lipinski definition) is 1. The SMILES string of the molecule is CNCc1cc(Cl)ccc1N1CC(C)SC(C)C1. The fourth-order valence-corrected chi connectivity index (χ4v) is 4.09. The monoisotopic (exact) mass is 284 g/mol. The summed E-state index contributed by atoms with van der Waals surface area (Å²) in [6, 6.07) is 6.22. The number of rotatable bonds is 3. The lowest BCUT2D eigenvalue weighted by atomic mass is 10.1. The first-order chi connectivity index (χ1) is 8.60. The molecule has 1 aliphatic heterocycles. The van der Waals surface area contributed by atoms with Crippen molar-refractivity contribution >= 4 is 29.1 Å². The minimum Gasteiger partial charge on any atom is -0.369 e. The highest BCUT2D eigenvalue weighted by molar-refractivity contribution is 8.00. The van der Waals surface area contributed by atoms with E-state index in [-0.39, 0.29) is 0 Å². The second-order valence-electron chi connectivity index (χ2n) is 4.97. The van der Waals surface area contributed by atoms with Crippen molar-refractivity contribution in [1.82, 2.24) is 5.32 Å². The van der Waals surface area contributed by atoms with E-state index in [2.05, 4.69) is 48.0 Å². The van der Waals surface area contributed by atoms with E-state index in [4.69, 9.17) is 11.6 Å². The highest BCUT2D eigenvalue weighted by Crippen LogP contribution is 2.31. The van der Waals surface area contributed by atoms with Crippen LogP contribution in [-0.4, -0.2) is 30.6 Å². The molecule has 1 aliphatic rings. The van der Waals surface area contributed by atoms with E-state index in [0.29, 0.717) is 10.5 Å². The van der Waals surface area contributed by atoms with E-state index < -0.39 is 0 Å². The number of nitrogens with zero attached hydrogens (tertiary/aromatic N) is 1. The van der Waals surface area contributed by atoms with Gasteiger partial charge in [0.05, 0.1) is 0 Å². The van der Waals surface area contributed by atoms with Gasteiger partial charge in [-0.25, -0.2) is 0 Å². The lowest BCUT2D eigenvalue weighted by molar-refractivity contribution is 0.718. The zero-order chi connectivity index (χ0) is 13.1. The summed E-state index contributed by atoms with van der Waals surface area (Å²) in [5.41, 5.74) is 2.61. The van der Waals surface area contributed by atoms with Gasteiger partial charge in [-0.15, -0.1) is 0 Å². The molecule has 2 nitrogen and oxygen atoms in total. The normalized spacial score (nSPS) is 24.3. The van der Waals surface area contributed by atoms with Gasteiger partial charge < -0.3 is 10.2 Å². The smallest absolute Gasteiger partial charge is 0.0413 e. The quantitative estimate of drug-likeness (QED) is 0.916. The third kappa shape index (κ3) is 3.34. The summed E-state index contributed by atoms with van der Waals surface area (Å²) < 4.78 is 0. The first-order valence-corrected chi connectivity index (χ1v) is 7.75. The Morgan fingerprint density at radius 1 is 1.33 bits per heavy atom. The lowest BCUT2D eigenvalue weighted by Gasteiger charge is -2.37. The Kier molecular flexibility index (Phi) is 4.82. The van der Waals surface area contributed by atoms with Gasteiger partial charge in [-0.3, -0.25) is 0 Å². The second-order valence-corrected chi connectivity index (χ2v) is 7.28. The van der Waals surface area contributed by atoms with Crippen LogP contribution in [0.1, 0.15) is 19.4 Å². The third-order valence-corrected chi connectivity index (χ3v) is 4.63. The van der Waals surface area contributed by atoms with Crippen LogP contribution in [0, 0.1) is 0 Å². The van der Waals surface area contributed by atoms with Crippen LogP contribution >= 0.6 is 23.4 Å². The fourth-order valence-electron chi connectivity index (χ4n) is 2.57. The summed E-state index contributed by atoms with van der Waals surface area (Å²) in [4.78, 5) is 2.49. The molecule has 0 aliphatic carbocycles. The Balaban J connectivity index is 2.25. The van der Waals surface area contributed by atoms with E-state index in [1.807, 2.05) is 13.1 Å². The average Bonchev–Trinajstić information content (AvgIpc) is 2.28. The highest BCUT2D eigenvalue weighted by atomic mass is 35.5. The molecule has 1 aromatic rings. The van der Waals surface area contributed by atoms with Gasteiger partial charge in [0.15, 0.2) is 0 Å². The molecule has 0 radical (unpaired) electrons. The molecular weight excluding hydrogens is 264 g/mol. The van der Waals surface area contributed by atoms with Crippen molar-refractivity contribution in [2.75, 3.05) is 25.0 Å². The predicted molar refractivity (Wildman–Crippen MR) is 82.9 cm³/mol. The topological polar surface area (TPSA) is 15.3 Å². The van der Waals surface area contributed by atoms with Crippen molar-refractivity contribution in [1.29, 1.82) is 0 Å². The molecule has 0 amide bonds. The van der Waals surface area contributed by atoms with E-state index in [0.717, 1.165) is 24.7 Å². The molecule has 4 heteroatoms.